The highest BCUT2D eigenvalue weighted by molar-refractivity contribution is 6.82. The van der Waals surface area contributed by atoms with Crippen LogP contribution in [0.2, 0.25) is 0 Å². The van der Waals surface area contributed by atoms with Gasteiger partial charge in [-0.25, -0.2) is 0 Å². The van der Waals surface area contributed by atoms with Crippen molar-refractivity contribution in [2.75, 3.05) is 0 Å². The van der Waals surface area contributed by atoms with Crippen molar-refractivity contribution < 1.29 is 9.53 Å². The van der Waals surface area contributed by atoms with Gasteiger partial charge in [0.15, 0.2) is 0 Å². The fourth-order valence-corrected chi connectivity index (χ4v) is 26.5. The fraction of sp³-hybridized carbons (Fsp3) is 0.0972. The van der Waals surface area contributed by atoms with E-state index >= 15 is 4.79 Å². The van der Waals surface area contributed by atoms with Gasteiger partial charge in [-0.1, -0.05) is 30.3 Å². The van der Waals surface area contributed by atoms with Crippen LogP contribution in [-0.4, -0.2) is 11.6 Å². The molecule has 0 atom stereocenters. The van der Waals surface area contributed by atoms with E-state index in [9.17, 15) is 0 Å². The number of benzene rings is 19. The summed E-state index contributed by atoms with van der Waals surface area (Å²) in [5.74, 6) is -0.0220. The molecule has 0 heterocycles. The first-order valence-corrected chi connectivity index (χ1v) is 27.5. The maximum atomic E-state index is 17.4. The maximum Gasteiger partial charge on any atom is 0.319 e. The topological polar surface area (TPSA) is 26.3 Å². The normalized spacial score (nSPS) is 23.8. The van der Waals surface area contributed by atoms with Gasteiger partial charge in [0.05, 0.1) is 10.8 Å². The quantitative estimate of drug-likeness (QED) is 0.128. The highest BCUT2D eigenvalue weighted by Crippen LogP contribution is 2.96. The first-order chi connectivity index (χ1) is 36.5. The molecule has 0 amide bonds. The van der Waals surface area contributed by atoms with Gasteiger partial charge in [-0.2, -0.15) is 0 Å². The summed E-state index contributed by atoms with van der Waals surface area (Å²) in [5, 5.41) is 85.0. The third-order valence-corrected chi connectivity index (χ3v) is 26.3. The van der Waals surface area contributed by atoms with E-state index in [1.165, 1.54) is 65.3 Å². The minimum atomic E-state index is -1.06. The molecule has 0 radical (unpaired) electrons. The Hall–Kier alpha value is -8.85. The second-order valence-corrected chi connectivity index (χ2v) is 27.9. The van der Waals surface area contributed by atoms with E-state index in [0.29, 0.717) is 0 Å². The Bertz CT molecular complexity index is 7020. The van der Waals surface area contributed by atoms with E-state index in [-0.39, 0.29) is 5.97 Å². The molecule has 0 aromatic heterocycles. The molecule has 0 bridgehead atoms. The number of carbonyl (C=O) groups excluding carboxylic acids is 1. The second-order valence-electron chi connectivity index (χ2n) is 27.9. The minimum absolute atomic E-state index is 0.0220. The van der Waals surface area contributed by atoms with Crippen LogP contribution in [0.15, 0.2) is 30.3 Å². The largest absolute Gasteiger partial charge is 0.459 e. The lowest BCUT2D eigenvalue weighted by Gasteiger charge is -2.32. The Morgan fingerprint density at radius 2 is 0.432 bits per heavy atom. The Morgan fingerprint density at radius 3 is 0.595 bits per heavy atom. The lowest BCUT2D eigenvalue weighted by molar-refractivity contribution is -0.159. The molecule has 5 aliphatic carbocycles. The molecule has 0 N–H and O–H groups in total. The van der Waals surface area contributed by atoms with Crippen molar-refractivity contribution in [3.63, 3.8) is 0 Å². The number of ether oxygens (including phenoxy) is 1. The summed E-state index contributed by atoms with van der Waals surface area (Å²) in [6, 6.07) is 11.4. The van der Waals surface area contributed by atoms with Crippen molar-refractivity contribution in [1.82, 2.24) is 0 Å². The van der Waals surface area contributed by atoms with Gasteiger partial charge in [-0.3, -0.25) is 4.79 Å². The average Bonchev–Trinajstić information content (AvgIpc) is 2.04. The number of esters is 1. The van der Waals surface area contributed by atoms with E-state index in [4.69, 9.17) is 4.74 Å². The van der Waals surface area contributed by atoms with Gasteiger partial charge in [0, 0.05) is 0 Å². The van der Waals surface area contributed by atoms with Crippen LogP contribution in [0.3, 0.4) is 0 Å². The number of carbonyl (C=O) groups is 1. The lowest BCUT2D eigenvalue weighted by Crippen LogP contribution is -2.38. The van der Waals surface area contributed by atoms with Gasteiger partial charge in [0.25, 0.3) is 0 Å². The predicted molar refractivity (Wildman–Crippen MR) is 308 cm³/mol. The molecule has 1 saturated carbocycles. The van der Waals surface area contributed by atoms with E-state index in [2.05, 4.69) is 51.1 Å². The van der Waals surface area contributed by atoms with Gasteiger partial charge in [0.1, 0.15) is 11.0 Å². The summed E-state index contributed by atoms with van der Waals surface area (Å²) in [4.78, 5) is 17.4. The van der Waals surface area contributed by atoms with Gasteiger partial charge in [0.2, 0.25) is 0 Å². The first-order valence-electron chi connectivity index (χ1n) is 27.5. The Labute approximate surface area is 404 Å². The minimum Gasteiger partial charge on any atom is -0.459 e. The Kier molecular flexibility index (Phi) is 2.43. The van der Waals surface area contributed by atoms with Crippen LogP contribution in [0.4, 0.5) is 0 Å². The highest BCUT2D eigenvalue weighted by atomic mass is 16.6. The summed E-state index contributed by atoms with van der Waals surface area (Å²) in [5.41, 5.74) is 4.03. The summed E-state index contributed by atoms with van der Waals surface area (Å²) in [7, 11) is 0. The van der Waals surface area contributed by atoms with Crippen LogP contribution in [0.1, 0.15) is 48.6 Å². The molecular weight excluding hydrogens is 897 g/mol. The van der Waals surface area contributed by atoms with Crippen molar-refractivity contribution in [2.45, 2.75) is 42.6 Å². The SMILES string of the molecule is CC(C)(C)OC(=O)C1(c2ccccc2)C23c4c5c6c7c8c9c(c%10c%11c2c2c4c4c%12c5c5c6c6c8c8c%13c9c9c%10c%10c%11c%11c2c2c4c4c%12c%12c5c5c6c8c6c8c%13c9c9c%10c%10c%11c2c2c4c4c%12c5c6c5c8c9c%10c2c45)C713. The maximum absolute atomic E-state index is 17.4. The van der Waals surface area contributed by atoms with E-state index < -0.39 is 21.8 Å². The second kappa shape index (κ2) is 6.32. The van der Waals surface area contributed by atoms with Gasteiger partial charge >= 0.3 is 5.97 Å². The molecule has 0 saturated heterocycles. The zero-order valence-corrected chi connectivity index (χ0v) is 38.7. The molecule has 314 valence electrons. The number of hydrogen-bond acceptors (Lipinski definition) is 2. The summed E-state index contributed by atoms with van der Waals surface area (Å²) < 4.78 is 7.32. The van der Waals surface area contributed by atoms with Crippen LogP contribution >= 0.6 is 0 Å². The zero-order valence-electron chi connectivity index (χ0n) is 38.7. The zero-order chi connectivity index (χ0) is 44.9. The number of hydrogen-bond donors (Lipinski definition) is 0. The van der Waals surface area contributed by atoms with Gasteiger partial charge < -0.3 is 4.74 Å². The Balaban J connectivity index is 1.14. The van der Waals surface area contributed by atoms with Crippen LogP contribution in [0.5, 0.6) is 0 Å². The van der Waals surface area contributed by atoms with Gasteiger partial charge in [-0.15, -0.1) is 0 Å². The summed E-state index contributed by atoms with van der Waals surface area (Å²) >= 11 is 0. The standard InChI is InChI=1S/C72H14O2/c1-69(2,3)74-68(73)70(9-7-5-4-6-8-9)71-64-56-48-38-28-20-12-10-11-14-18-16(12)24-32-26(18)36-30-22(14)23-15(11)19-17-13(10)21(20)29-35-25(17)33-27(19)37-31(23)41-40(30)50-44(36)54-46(32)52(42(48)34(24)28)60(64)62(54)66-58(50)59-51(41)45(37)55-47(33)53-43(35)49(39(29)38)57(56)65(71)61(53)63(55)67(59)72(66,70)71/h4-8H,1-3H3. The van der Waals surface area contributed by atoms with E-state index in [1.807, 2.05) is 0 Å². The molecule has 29 aromatic carbocycles. The smallest absolute Gasteiger partial charge is 0.319 e. The molecule has 74 heavy (non-hydrogen) atoms. The van der Waals surface area contributed by atoms with Gasteiger partial charge in [-0.05, 0) is 339 Å². The molecule has 0 aliphatic heterocycles. The van der Waals surface area contributed by atoms with Crippen LogP contribution < -0.4 is 0 Å². The van der Waals surface area contributed by atoms with E-state index in [0.717, 1.165) is 5.56 Å². The third kappa shape index (κ3) is 1.49. The molecular formula is C72H14O2. The van der Waals surface area contributed by atoms with Crippen molar-refractivity contribution in [2.24, 2.45) is 0 Å². The van der Waals surface area contributed by atoms with Crippen molar-refractivity contribution in [3.05, 3.63) is 58.1 Å². The highest BCUT2D eigenvalue weighted by Gasteiger charge is 2.98. The summed E-state index contributed by atoms with van der Waals surface area (Å²) in [6.45, 7) is 6.37. The molecule has 34 rings (SSSR count). The molecule has 0 unspecified atom stereocenters. The third-order valence-electron chi connectivity index (χ3n) is 26.3. The number of rotatable bonds is 2. The van der Waals surface area contributed by atoms with Crippen molar-refractivity contribution in [3.8, 4) is 0 Å². The Morgan fingerprint density at radius 1 is 0.270 bits per heavy atom. The van der Waals surface area contributed by atoms with Crippen LogP contribution in [0, 0.1) is 0 Å². The van der Waals surface area contributed by atoms with Crippen molar-refractivity contribution in [1.29, 1.82) is 0 Å². The molecule has 5 aliphatic rings. The summed E-state index contributed by atoms with van der Waals surface area (Å²) in [6.07, 6.45) is 0. The van der Waals surface area contributed by atoms with E-state index in [1.54, 1.807) is 248 Å². The molecule has 29 aromatic rings. The molecule has 2 heteroatoms. The predicted octanol–water partition coefficient (Wildman–Crippen LogP) is 18.6. The molecule has 2 spiro atoms. The van der Waals surface area contributed by atoms with Crippen LogP contribution in [0.25, 0.3) is 291 Å². The first kappa shape index (κ1) is 28.4. The molecule has 1 fully saturated rings. The monoisotopic (exact) mass is 910 g/mol. The lowest BCUT2D eigenvalue weighted by atomic mass is 9.68. The van der Waals surface area contributed by atoms with Crippen molar-refractivity contribution >= 4 is 297 Å². The van der Waals surface area contributed by atoms with Crippen LogP contribution in [-0.2, 0) is 25.8 Å². The molecule has 2 nitrogen and oxygen atoms in total. The fourth-order valence-electron chi connectivity index (χ4n) is 26.5. The average molecular weight is 911 g/mol.